The molecule has 0 unspecified atom stereocenters. The number of nitrogens with zero attached hydrogens (tertiary/aromatic N) is 4. The number of pyridine rings is 1. The third-order valence-electron chi connectivity index (χ3n) is 5.36. The van der Waals surface area contributed by atoms with Crippen LogP contribution in [-0.2, 0) is 12.8 Å². The van der Waals surface area contributed by atoms with Crippen LogP contribution in [-0.4, -0.2) is 26.9 Å². The summed E-state index contributed by atoms with van der Waals surface area (Å²) in [7, 11) is 3.70. The van der Waals surface area contributed by atoms with E-state index in [1.165, 1.54) is 5.56 Å². The standard InChI is InChI=1S/C26H22N4OS/c1-30-25(28-29-26(30)32-17-18-9-8-12-20(15-18)31-2)22-16-24(19-10-4-3-5-11-19)27-23-14-7-6-13-21(22)23/h3-16H,17H2,1-2H3. The Morgan fingerprint density at radius 2 is 1.69 bits per heavy atom. The third-order valence-corrected chi connectivity index (χ3v) is 6.46. The Morgan fingerprint density at radius 3 is 2.53 bits per heavy atom. The van der Waals surface area contributed by atoms with Crippen molar-refractivity contribution in [1.82, 2.24) is 19.7 Å². The van der Waals surface area contributed by atoms with E-state index in [1.807, 2.05) is 61.6 Å². The number of fused-ring (bicyclic) bond motifs is 1. The molecule has 0 aliphatic heterocycles. The molecule has 0 radical (unpaired) electrons. The van der Waals surface area contributed by atoms with E-state index in [2.05, 4.69) is 45.1 Å². The van der Waals surface area contributed by atoms with Crippen molar-refractivity contribution in [2.75, 3.05) is 7.11 Å². The van der Waals surface area contributed by atoms with Gasteiger partial charge < -0.3 is 9.30 Å². The molecule has 0 saturated heterocycles. The minimum absolute atomic E-state index is 0.787. The fraction of sp³-hybridized carbons (Fsp3) is 0.115. The highest BCUT2D eigenvalue weighted by Gasteiger charge is 2.16. The third kappa shape index (κ3) is 3.97. The number of rotatable bonds is 6. The normalized spacial score (nSPS) is 11.1. The van der Waals surface area contributed by atoms with Crippen molar-refractivity contribution in [3.05, 3.63) is 90.5 Å². The van der Waals surface area contributed by atoms with Gasteiger partial charge in [-0.3, -0.25) is 0 Å². The minimum Gasteiger partial charge on any atom is -0.497 e. The van der Waals surface area contributed by atoms with E-state index in [4.69, 9.17) is 9.72 Å². The SMILES string of the molecule is COc1cccc(CSc2nnc(-c3cc(-c4ccccc4)nc4ccccc34)n2C)c1. The number of thioether (sulfide) groups is 1. The molecule has 0 N–H and O–H groups in total. The van der Waals surface area contributed by atoms with Gasteiger partial charge in [-0.25, -0.2) is 4.98 Å². The summed E-state index contributed by atoms with van der Waals surface area (Å²) in [6.45, 7) is 0. The van der Waals surface area contributed by atoms with E-state index in [1.54, 1.807) is 18.9 Å². The molecule has 32 heavy (non-hydrogen) atoms. The van der Waals surface area contributed by atoms with Crippen molar-refractivity contribution in [1.29, 1.82) is 0 Å². The first kappa shape index (κ1) is 20.3. The van der Waals surface area contributed by atoms with Crippen molar-refractivity contribution in [3.63, 3.8) is 0 Å². The molecule has 0 aliphatic carbocycles. The van der Waals surface area contributed by atoms with E-state index < -0.39 is 0 Å². The van der Waals surface area contributed by atoms with E-state index in [-0.39, 0.29) is 0 Å². The molecule has 2 aromatic heterocycles. The van der Waals surface area contributed by atoms with Crippen LogP contribution in [0.4, 0.5) is 0 Å². The molecular formula is C26H22N4OS. The summed E-state index contributed by atoms with van der Waals surface area (Å²) >= 11 is 1.66. The minimum atomic E-state index is 0.787. The number of hydrogen-bond donors (Lipinski definition) is 0. The average molecular weight is 439 g/mol. The monoisotopic (exact) mass is 438 g/mol. The molecule has 6 heteroatoms. The topological polar surface area (TPSA) is 52.8 Å². The van der Waals surface area contributed by atoms with Crippen LogP contribution in [0, 0.1) is 0 Å². The van der Waals surface area contributed by atoms with Crippen molar-refractivity contribution in [3.8, 4) is 28.4 Å². The van der Waals surface area contributed by atoms with Crippen molar-refractivity contribution in [2.45, 2.75) is 10.9 Å². The van der Waals surface area contributed by atoms with E-state index in [0.717, 1.165) is 50.2 Å². The van der Waals surface area contributed by atoms with Gasteiger partial charge in [0.25, 0.3) is 0 Å². The van der Waals surface area contributed by atoms with E-state index in [9.17, 15) is 0 Å². The fourth-order valence-corrected chi connectivity index (χ4v) is 4.56. The summed E-state index contributed by atoms with van der Waals surface area (Å²) in [5.74, 6) is 2.47. The number of aromatic nitrogens is 4. The molecule has 0 saturated carbocycles. The highest BCUT2D eigenvalue weighted by molar-refractivity contribution is 7.98. The lowest BCUT2D eigenvalue weighted by Gasteiger charge is -2.10. The van der Waals surface area contributed by atoms with Gasteiger partial charge in [-0.2, -0.15) is 0 Å². The Bertz CT molecular complexity index is 1380. The first-order valence-corrected chi connectivity index (χ1v) is 11.3. The zero-order valence-corrected chi connectivity index (χ0v) is 18.7. The van der Waals surface area contributed by atoms with Gasteiger partial charge in [-0.1, -0.05) is 72.4 Å². The lowest BCUT2D eigenvalue weighted by molar-refractivity contribution is 0.414. The molecule has 0 bridgehead atoms. The molecule has 5 nitrogen and oxygen atoms in total. The highest BCUT2D eigenvalue weighted by atomic mass is 32.2. The molecule has 0 aliphatic rings. The van der Waals surface area contributed by atoms with Gasteiger partial charge in [0, 0.05) is 29.3 Å². The van der Waals surface area contributed by atoms with Crippen LogP contribution in [0.1, 0.15) is 5.56 Å². The van der Waals surface area contributed by atoms with Gasteiger partial charge in [-0.15, -0.1) is 10.2 Å². The first-order valence-electron chi connectivity index (χ1n) is 10.3. The molecule has 0 amide bonds. The summed E-state index contributed by atoms with van der Waals surface area (Å²) < 4.78 is 7.39. The summed E-state index contributed by atoms with van der Waals surface area (Å²) in [6, 6.07) is 28.6. The summed E-state index contributed by atoms with van der Waals surface area (Å²) in [5.41, 5.74) is 5.15. The number of benzene rings is 3. The fourth-order valence-electron chi connectivity index (χ4n) is 3.70. The molecule has 158 valence electrons. The van der Waals surface area contributed by atoms with Crippen molar-refractivity contribution < 1.29 is 4.74 Å². The van der Waals surface area contributed by atoms with Gasteiger partial charge in [0.05, 0.1) is 18.3 Å². The number of ether oxygens (including phenoxy) is 1. The molecule has 2 heterocycles. The second-order valence-corrected chi connectivity index (χ2v) is 8.39. The second-order valence-electron chi connectivity index (χ2n) is 7.44. The lowest BCUT2D eigenvalue weighted by Crippen LogP contribution is -1.97. The van der Waals surface area contributed by atoms with Crippen molar-refractivity contribution in [2.24, 2.45) is 7.05 Å². The van der Waals surface area contributed by atoms with Gasteiger partial charge in [0.2, 0.25) is 0 Å². The quantitative estimate of drug-likeness (QED) is 0.304. The van der Waals surface area contributed by atoms with Gasteiger partial charge in [0.1, 0.15) is 5.75 Å². The number of methoxy groups -OCH3 is 1. The van der Waals surface area contributed by atoms with Crippen LogP contribution in [0.5, 0.6) is 5.75 Å². The van der Waals surface area contributed by atoms with Crippen LogP contribution in [0.25, 0.3) is 33.5 Å². The zero-order chi connectivity index (χ0) is 21.9. The zero-order valence-electron chi connectivity index (χ0n) is 17.9. The van der Waals surface area contributed by atoms with Crippen molar-refractivity contribution >= 4 is 22.7 Å². The molecular weight excluding hydrogens is 416 g/mol. The Morgan fingerprint density at radius 1 is 0.875 bits per heavy atom. The van der Waals surface area contributed by atoms with Crippen LogP contribution < -0.4 is 4.74 Å². The molecule has 5 rings (SSSR count). The van der Waals surface area contributed by atoms with Crippen LogP contribution in [0.2, 0.25) is 0 Å². The molecule has 3 aromatic carbocycles. The second kappa shape index (κ2) is 8.85. The maximum absolute atomic E-state index is 5.33. The maximum atomic E-state index is 5.33. The van der Waals surface area contributed by atoms with Crippen LogP contribution in [0.15, 0.2) is 90.1 Å². The summed E-state index contributed by atoms with van der Waals surface area (Å²) in [4.78, 5) is 4.89. The summed E-state index contributed by atoms with van der Waals surface area (Å²) in [5, 5.41) is 11.0. The predicted molar refractivity (Wildman–Crippen MR) is 130 cm³/mol. The van der Waals surface area contributed by atoms with E-state index >= 15 is 0 Å². The summed E-state index contributed by atoms with van der Waals surface area (Å²) in [6.07, 6.45) is 0. The number of hydrogen-bond acceptors (Lipinski definition) is 5. The first-order chi connectivity index (χ1) is 15.7. The van der Waals surface area contributed by atoms with Crippen LogP contribution in [0.3, 0.4) is 0 Å². The van der Waals surface area contributed by atoms with Gasteiger partial charge in [-0.05, 0) is 29.8 Å². The Hall–Kier alpha value is -3.64. The molecule has 0 spiro atoms. The van der Waals surface area contributed by atoms with E-state index in [0.29, 0.717) is 0 Å². The Labute approximate surface area is 191 Å². The molecule has 0 atom stereocenters. The van der Waals surface area contributed by atoms with Gasteiger partial charge in [0.15, 0.2) is 11.0 Å². The molecule has 0 fully saturated rings. The lowest BCUT2D eigenvalue weighted by atomic mass is 10.0. The predicted octanol–water partition coefficient (Wildman–Crippen LogP) is 6.00. The average Bonchev–Trinajstić information content (AvgIpc) is 3.22. The Balaban J connectivity index is 1.52. The molecule has 5 aromatic rings. The number of para-hydroxylation sites is 1. The van der Waals surface area contributed by atoms with Crippen LogP contribution >= 0.6 is 11.8 Å². The maximum Gasteiger partial charge on any atom is 0.191 e. The van der Waals surface area contributed by atoms with Gasteiger partial charge >= 0.3 is 0 Å². The Kier molecular flexibility index (Phi) is 5.60. The smallest absolute Gasteiger partial charge is 0.191 e. The largest absolute Gasteiger partial charge is 0.497 e. The highest BCUT2D eigenvalue weighted by Crippen LogP contribution is 2.33.